The van der Waals surface area contributed by atoms with E-state index in [-0.39, 0.29) is 5.91 Å². The molecule has 8 heteroatoms. The van der Waals surface area contributed by atoms with E-state index in [2.05, 4.69) is 32.1 Å². The van der Waals surface area contributed by atoms with E-state index in [0.29, 0.717) is 38.4 Å². The van der Waals surface area contributed by atoms with Gasteiger partial charge in [0.25, 0.3) is 0 Å². The first-order valence-electron chi connectivity index (χ1n) is 10.8. The summed E-state index contributed by atoms with van der Waals surface area (Å²) in [6.07, 6.45) is 2.67. The zero-order chi connectivity index (χ0) is 20.9. The lowest BCUT2D eigenvalue weighted by Crippen LogP contribution is -2.51. The molecule has 0 aliphatic carbocycles. The van der Waals surface area contributed by atoms with Crippen molar-refractivity contribution in [3.8, 4) is 0 Å². The van der Waals surface area contributed by atoms with Crippen molar-refractivity contribution in [3.05, 3.63) is 17.5 Å². The molecule has 1 aromatic rings. The predicted molar refractivity (Wildman–Crippen MR) is 114 cm³/mol. The molecular weight excluding hydrogens is 368 g/mol. The Morgan fingerprint density at radius 1 is 1.10 bits per heavy atom. The minimum absolute atomic E-state index is 0.130. The highest BCUT2D eigenvalue weighted by molar-refractivity contribution is 5.76. The molecule has 8 nitrogen and oxygen atoms in total. The van der Waals surface area contributed by atoms with Crippen molar-refractivity contribution in [1.29, 1.82) is 0 Å². The third kappa shape index (κ3) is 6.62. The molecule has 0 radical (unpaired) electrons. The van der Waals surface area contributed by atoms with Crippen LogP contribution in [0, 0.1) is 13.8 Å². The fraction of sp³-hybridized carbons (Fsp3) is 0.762. The Kier molecular flexibility index (Phi) is 7.43. The molecule has 2 aliphatic heterocycles. The van der Waals surface area contributed by atoms with Crippen molar-refractivity contribution in [1.82, 2.24) is 24.7 Å². The van der Waals surface area contributed by atoms with Gasteiger partial charge in [-0.05, 0) is 46.2 Å². The molecule has 2 fully saturated rings. The Morgan fingerprint density at radius 3 is 2.48 bits per heavy atom. The Bertz CT molecular complexity index is 671. The molecule has 0 spiro atoms. The zero-order valence-electron chi connectivity index (χ0n) is 18.2. The van der Waals surface area contributed by atoms with Crippen LogP contribution in [0.3, 0.4) is 0 Å². The van der Waals surface area contributed by atoms with E-state index in [1.807, 2.05) is 24.8 Å². The number of likely N-dealkylation sites (N-methyl/N-ethyl adjacent to an activating group) is 1. The molecule has 2 aliphatic rings. The van der Waals surface area contributed by atoms with Crippen LogP contribution in [0.5, 0.6) is 0 Å². The number of aliphatic hydroxyl groups is 1. The summed E-state index contributed by atoms with van der Waals surface area (Å²) >= 11 is 0. The van der Waals surface area contributed by atoms with Gasteiger partial charge in [-0.15, -0.1) is 0 Å². The van der Waals surface area contributed by atoms with E-state index in [1.165, 1.54) is 0 Å². The number of hydrogen-bond acceptors (Lipinski definition) is 7. The van der Waals surface area contributed by atoms with Crippen molar-refractivity contribution >= 4 is 11.9 Å². The number of amides is 1. The SMILES string of the molecule is Cc1cc(C)nc(NCCC(=O)N2CCC[C@@](O)(CN3CCN(C)CC3)CC2)n1. The lowest BCUT2D eigenvalue weighted by Gasteiger charge is -2.38. The molecule has 2 N–H and O–H groups in total. The Balaban J connectivity index is 1.44. The van der Waals surface area contributed by atoms with Gasteiger partial charge in [-0.25, -0.2) is 9.97 Å². The van der Waals surface area contributed by atoms with Gasteiger partial charge in [-0.3, -0.25) is 9.69 Å². The first kappa shape index (κ1) is 21.9. The van der Waals surface area contributed by atoms with Gasteiger partial charge in [-0.2, -0.15) is 0 Å². The number of piperazine rings is 1. The Morgan fingerprint density at radius 2 is 1.79 bits per heavy atom. The van der Waals surface area contributed by atoms with Crippen LogP contribution in [0.4, 0.5) is 5.95 Å². The summed E-state index contributed by atoms with van der Waals surface area (Å²) in [6.45, 7) is 10.6. The summed E-state index contributed by atoms with van der Waals surface area (Å²) in [6, 6.07) is 1.93. The minimum atomic E-state index is -0.684. The number of anilines is 1. The number of nitrogens with zero attached hydrogens (tertiary/aromatic N) is 5. The molecule has 29 heavy (non-hydrogen) atoms. The number of aromatic nitrogens is 2. The van der Waals surface area contributed by atoms with Gasteiger partial charge < -0.3 is 20.2 Å². The van der Waals surface area contributed by atoms with Crippen molar-refractivity contribution in [2.24, 2.45) is 0 Å². The van der Waals surface area contributed by atoms with Gasteiger partial charge in [0.05, 0.1) is 5.60 Å². The molecule has 162 valence electrons. The molecule has 0 bridgehead atoms. The molecule has 0 unspecified atom stereocenters. The zero-order valence-corrected chi connectivity index (χ0v) is 18.2. The molecule has 1 aromatic heterocycles. The third-order valence-corrected chi connectivity index (χ3v) is 5.99. The molecule has 2 saturated heterocycles. The normalized spacial score (nSPS) is 24.3. The van der Waals surface area contributed by atoms with E-state index >= 15 is 0 Å². The second kappa shape index (κ2) is 9.82. The second-order valence-corrected chi connectivity index (χ2v) is 8.69. The number of carbonyl (C=O) groups excluding carboxylic acids is 1. The average molecular weight is 405 g/mol. The molecule has 3 rings (SSSR count). The minimum Gasteiger partial charge on any atom is -0.388 e. The summed E-state index contributed by atoms with van der Waals surface area (Å²) in [5.74, 6) is 0.707. The number of carbonyl (C=O) groups is 1. The van der Waals surface area contributed by atoms with E-state index in [1.54, 1.807) is 0 Å². The highest BCUT2D eigenvalue weighted by Gasteiger charge is 2.33. The van der Waals surface area contributed by atoms with Crippen molar-refractivity contribution in [2.45, 2.75) is 45.1 Å². The topological polar surface area (TPSA) is 84.8 Å². The predicted octanol–water partition coefficient (Wildman–Crippen LogP) is 0.886. The van der Waals surface area contributed by atoms with E-state index < -0.39 is 5.60 Å². The fourth-order valence-electron chi connectivity index (χ4n) is 4.25. The molecule has 1 amide bonds. The van der Waals surface area contributed by atoms with Crippen LogP contribution in [0.25, 0.3) is 0 Å². The van der Waals surface area contributed by atoms with Crippen LogP contribution < -0.4 is 5.32 Å². The first-order valence-corrected chi connectivity index (χ1v) is 10.8. The van der Waals surface area contributed by atoms with Crippen LogP contribution >= 0.6 is 0 Å². The quantitative estimate of drug-likeness (QED) is 0.728. The van der Waals surface area contributed by atoms with E-state index in [4.69, 9.17) is 0 Å². The lowest BCUT2D eigenvalue weighted by molar-refractivity contribution is -0.131. The summed E-state index contributed by atoms with van der Waals surface area (Å²) < 4.78 is 0. The molecule has 0 saturated carbocycles. The maximum absolute atomic E-state index is 12.7. The van der Waals surface area contributed by atoms with Crippen LogP contribution in [-0.4, -0.2) is 101 Å². The number of hydrogen-bond donors (Lipinski definition) is 2. The van der Waals surface area contributed by atoms with Gasteiger partial charge in [0.15, 0.2) is 0 Å². The number of rotatable bonds is 6. The summed E-state index contributed by atoms with van der Waals surface area (Å²) in [7, 11) is 2.14. The summed E-state index contributed by atoms with van der Waals surface area (Å²) in [5, 5.41) is 14.3. The monoisotopic (exact) mass is 404 g/mol. The third-order valence-electron chi connectivity index (χ3n) is 5.99. The van der Waals surface area contributed by atoms with Crippen molar-refractivity contribution < 1.29 is 9.90 Å². The number of likely N-dealkylation sites (tertiary alicyclic amines) is 1. The molecule has 0 aromatic carbocycles. The molecular formula is C21H36N6O2. The number of aryl methyl sites for hydroxylation is 2. The average Bonchev–Trinajstić information content (AvgIpc) is 2.85. The largest absolute Gasteiger partial charge is 0.388 e. The number of nitrogens with one attached hydrogen (secondary N) is 1. The van der Waals surface area contributed by atoms with Gasteiger partial charge in [0, 0.05) is 70.2 Å². The van der Waals surface area contributed by atoms with Crippen molar-refractivity contribution in [3.63, 3.8) is 0 Å². The van der Waals surface area contributed by atoms with Crippen LogP contribution in [-0.2, 0) is 4.79 Å². The van der Waals surface area contributed by atoms with Crippen molar-refractivity contribution in [2.75, 3.05) is 64.7 Å². The maximum atomic E-state index is 12.7. The van der Waals surface area contributed by atoms with E-state index in [0.717, 1.165) is 57.0 Å². The molecule has 3 heterocycles. The number of β-amino-alcohol motifs (C(OH)–C–C–N with tert-alkyl or cyclic N) is 1. The summed E-state index contributed by atoms with van der Waals surface area (Å²) in [5.41, 5.74) is 1.15. The highest BCUT2D eigenvalue weighted by atomic mass is 16.3. The van der Waals surface area contributed by atoms with E-state index in [9.17, 15) is 9.90 Å². The van der Waals surface area contributed by atoms with Crippen LogP contribution in [0.15, 0.2) is 6.07 Å². The standard InChI is InChI=1S/C21H36N6O2/c1-17-15-18(2)24-20(23-17)22-8-5-19(28)27-9-4-6-21(29,7-10-27)16-26-13-11-25(3)12-14-26/h15,29H,4-14,16H2,1-3H3,(H,22,23,24)/t21-/m0/s1. The van der Waals surface area contributed by atoms with Gasteiger partial charge in [-0.1, -0.05) is 0 Å². The lowest BCUT2D eigenvalue weighted by atomic mass is 9.94. The van der Waals surface area contributed by atoms with Crippen LogP contribution in [0.1, 0.15) is 37.1 Å². The van der Waals surface area contributed by atoms with Crippen LogP contribution in [0.2, 0.25) is 0 Å². The smallest absolute Gasteiger partial charge is 0.224 e. The Hall–Kier alpha value is -1.77. The fourth-order valence-corrected chi connectivity index (χ4v) is 4.25. The first-order chi connectivity index (χ1) is 13.8. The second-order valence-electron chi connectivity index (χ2n) is 8.69. The van der Waals surface area contributed by atoms with Gasteiger partial charge in [0.2, 0.25) is 11.9 Å². The Labute approximate surface area is 174 Å². The summed E-state index contributed by atoms with van der Waals surface area (Å²) in [4.78, 5) is 28.0. The molecule has 1 atom stereocenters. The highest BCUT2D eigenvalue weighted by Crippen LogP contribution is 2.24. The maximum Gasteiger partial charge on any atom is 0.224 e. The van der Waals surface area contributed by atoms with Gasteiger partial charge >= 0.3 is 0 Å². The van der Waals surface area contributed by atoms with Gasteiger partial charge in [0.1, 0.15) is 0 Å².